The van der Waals surface area contributed by atoms with Crippen LogP contribution in [0.2, 0.25) is 0 Å². The van der Waals surface area contributed by atoms with E-state index in [0.717, 1.165) is 51.4 Å². The Bertz CT molecular complexity index is 1320. The summed E-state index contributed by atoms with van der Waals surface area (Å²) < 4.78 is 5.48. The lowest BCUT2D eigenvalue weighted by Gasteiger charge is -2.20. The number of ether oxygens (including phenoxy) is 1. The van der Waals surface area contributed by atoms with Crippen molar-refractivity contribution in [3.05, 3.63) is 48.6 Å². The molecule has 6 heteroatoms. The van der Waals surface area contributed by atoms with Gasteiger partial charge in [0.25, 0.3) is 0 Å². The summed E-state index contributed by atoms with van der Waals surface area (Å²) in [5, 5.41) is 23.2. The van der Waals surface area contributed by atoms with E-state index in [1.54, 1.807) is 6.08 Å². The topological polar surface area (TPSA) is 95.9 Å². The van der Waals surface area contributed by atoms with Gasteiger partial charge < -0.3 is 20.3 Å². The van der Waals surface area contributed by atoms with E-state index in [1.165, 1.54) is 302 Å². The molecule has 0 radical (unpaired) electrons. The van der Waals surface area contributed by atoms with E-state index in [-0.39, 0.29) is 18.5 Å². The summed E-state index contributed by atoms with van der Waals surface area (Å²) in [4.78, 5) is 24.6. The van der Waals surface area contributed by atoms with Gasteiger partial charge in [-0.1, -0.05) is 326 Å². The minimum atomic E-state index is -0.846. The molecule has 6 nitrogen and oxygen atoms in total. The van der Waals surface area contributed by atoms with Gasteiger partial charge in [-0.25, -0.2) is 0 Å². The molecule has 0 aromatic carbocycles. The van der Waals surface area contributed by atoms with Crippen LogP contribution in [0.1, 0.15) is 380 Å². The number of aliphatic hydroxyl groups is 2. The molecule has 3 N–H and O–H groups in total. The minimum Gasteiger partial charge on any atom is -0.466 e. The van der Waals surface area contributed by atoms with Crippen LogP contribution in [-0.2, 0) is 14.3 Å². The van der Waals surface area contributed by atoms with E-state index < -0.39 is 12.1 Å². The van der Waals surface area contributed by atoms with E-state index in [2.05, 4.69) is 55.6 Å². The molecule has 0 aliphatic rings. The second kappa shape index (κ2) is 68.3. The van der Waals surface area contributed by atoms with Gasteiger partial charge in [-0.05, 0) is 89.9 Å². The van der Waals surface area contributed by atoms with Crippen molar-refractivity contribution in [1.29, 1.82) is 0 Å². The third-order valence-electron chi connectivity index (χ3n) is 16.3. The fourth-order valence-corrected chi connectivity index (χ4v) is 10.9. The standard InChI is InChI=1S/C73H137NO5/c1-3-5-7-9-11-13-15-17-19-20-34-38-41-45-49-53-57-61-65-71(76)70(69-75)74-72(77)66-62-58-54-50-46-42-39-35-32-30-28-26-24-22-21-23-25-27-29-31-33-36-40-44-48-52-56-60-64-68-79-73(78)67-63-59-55-51-47-43-37-18-16-14-12-10-8-6-4-2/h18,21,23,27,29,37,61,65,70-71,75-76H,3-17,19-20,22,24-26,28,30-36,38-60,62-64,66-69H2,1-2H3,(H,74,77)/b23-21-,29-27-,37-18-,65-61+. The van der Waals surface area contributed by atoms with Crippen molar-refractivity contribution < 1.29 is 24.5 Å². The van der Waals surface area contributed by atoms with Gasteiger partial charge in [0.05, 0.1) is 25.4 Å². The highest BCUT2D eigenvalue weighted by molar-refractivity contribution is 5.76. The zero-order valence-electron chi connectivity index (χ0n) is 53.1. The van der Waals surface area contributed by atoms with Crippen molar-refractivity contribution in [2.45, 2.75) is 392 Å². The molecule has 0 bridgehead atoms. The van der Waals surface area contributed by atoms with Crippen LogP contribution in [0, 0.1) is 0 Å². The molecule has 1 amide bonds. The van der Waals surface area contributed by atoms with E-state index >= 15 is 0 Å². The molecule has 0 aliphatic heterocycles. The third kappa shape index (κ3) is 64.8. The lowest BCUT2D eigenvalue weighted by atomic mass is 10.0. The van der Waals surface area contributed by atoms with Crippen molar-refractivity contribution in [3.63, 3.8) is 0 Å². The Morgan fingerprint density at radius 1 is 0.354 bits per heavy atom. The number of hydrogen-bond acceptors (Lipinski definition) is 5. The molecular formula is C73H137NO5. The number of unbranched alkanes of at least 4 members (excludes halogenated alkanes) is 49. The molecule has 0 spiro atoms. The maximum absolute atomic E-state index is 12.5. The first-order valence-corrected chi connectivity index (χ1v) is 35.4. The summed E-state index contributed by atoms with van der Waals surface area (Å²) in [6.45, 7) is 4.92. The minimum absolute atomic E-state index is 0.00387. The third-order valence-corrected chi connectivity index (χ3v) is 16.3. The lowest BCUT2D eigenvalue weighted by molar-refractivity contribution is -0.143. The second-order valence-corrected chi connectivity index (χ2v) is 24.2. The van der Waals surface area contributed by atoms with Crippen LogP contribution in [0.3, 0.4) is 0 Å². The first-order chi connectivity index (χ1) is 39.0. The maximum atomic E-state index is 12.5. The number of nitrogens with one attached hydrogen (secondary N) is 1. The quantitative estimate of drug-likeness (QED) is 0.0320. The Balaban J connectivity index is 3.43. The van der Waals surface area contributed by atoms with Gasteiger partial charge in [-0.15, -0.1) is 0 Å². The average molecular weight is 1110 g/mol. The predicted molar refractivity (Wildman–Crippen MR) is 347 cm³/mol. The van der Waals surface area contributed by atoms with Gasteiger partial charge in [-0.3, -0.25) is 9.59 Å². The Morgan fingerprint density at radius 2 is 0.633 bits per heavy atom. The van der Waals surface area contributed by atoms with Gasteiger partial charge in [0.1, 0.15) is 0 Å². The fourth-order valence-electron chi connectivity index (χ4n) is 10.9. The highest BCUT2D eigenvalue weighted by Gasteiger charge is 2.18. The molecule has 2 atom stereocenters. The number of carbonyl (C=O) groups excluding carboxylic acids is 2. The maximum Gasteiger partial charge on any atom is 0.305 e. The Kier molecular flexibility index (Phi) is 66.4. The second-order valence-electron chi connectivity index (χ2n) is 24.2. The van der Waals surface area contributed by atoms with Crippen molar-refractivity contribution in [2.24, 2.45) is 0 Å². The Labute approximate surface area is 493 Å². The number of hydrogen-bond donors (Lipinski definition) is 3. The number of aliphatic hydroxyl groups excluding tert-OH is 2. The highest BCUT2D eigenvalue weighted by Crippen LogP contribution is 2.18. The summed E-state index contributed by atoms with van der Waals surface area (Å²) in [5.74, 6) is -0.0627. The molecular weight excluding hydrogens is 971 g/mol. The molecule has 0 saturated heterocycles. The van der Waals surface area contributed by atoms with E-state index in [1.807, 2.05) is 6.08 Å². The van der Waals surface area contributed by atoms with Crippen LogP contribution in [0.15, 0.2) is 48.6 Å². The van der Waals surface area contributed by atoms with E-state index in [0.29, 0.717) is 19.4 Å². The molecule has 0 aromatic rings. The van der Waals surface area contributed by atoms with Crippen LogP contribution in [-0.4, -0.2) is 47.4 Å². The van der Waals surface area contributed by atoms with Crippen LogP contribution in [0.5, 0.6) is 0 Å². The summed E-state index contributed by atoms with van der Waals surface area (Å²) >= 11 is 0. The summed E-state index contributed by atoms with van der Waals surface area (Å²) in [5.41, 5.74) is 0. The first kappa shape index (κ1) is 76.8. The number of esters is 1. The number of carbonyl (C=O) groups is 2. The van der Waals surface area contributed by atoms with Crippen LogP contribution >= 0.6 is 0 Å². The monoisotopic (exact) mass is 1110 g/mol. The molecule has 0 fully saturated rings. The Morgan fingerprint density at radius 3 is 0.975 bits per heavy atom. The number of amides is 1. The molecule has 0 rings (SSSR count). The van der Waals surface area contributed by atoms with Crippen molar-refractivity contribution >= 4 is 11.9 Å². The van der Waals surface area contributed by atoms with Crippen LogP contribution < -0.4 is 5.32 Å². The first-order valence-electron chi connectivity index (χ1n) is 35.4. The molecule has 464 valence electrons. The zero-order valence-corrected chi connectivity index (χ0v) is 53.1. The molecule has 79 heavy (non-hydrogen) atoms. The van der Waals surface area contributed by atoms with Gasteiger partial charge >= 0.3 is 5.97 Å². The number of allylic oxidation sites excluding steroid dienone is 7. The normalized spacial score (nSPS) is 12.8. The summed E-state index contributed by atoms with van der Waals surface area (Å²) in [6.07, 6.45) is 89.0. The van der Waals surface area contributed by atoms with Crippen molar-refractivity contribution in [1.82, 2.24) is 5.32 Å². The molecule has 0 aromatic heterocycles. The molecule has 0 aliphatic carbocycles. The van der Waals surface area contributed by atoms with E-state index in [4.69, 9.17) is 4.74 Å². The molecule has 0 saturated carbocycles. The smallest absolute Gasteiger partial charge is 0.305 e. The average Bonchev–Trinajstić information content (AvgIpc) is 3.45. The highest BCUT2D eigenvalue weighted by atomic mass is 16.5. The lowest BCUT2D eigenvalue weighted by Crippen LogP contribution is -2.45. The summed E-state index contributed by atoms with van der Waals surface area (Å²) in [7, 11) is 0. The van der Waals surface area contributed by atoms with Crippen molar-refractivity contribution in [2.75, 3.05) is 13.2 Å². The van der Waals surface area contributed by atoms with Crippen LogP contribution in [0.25, 0.3) is 0 Å². The predicted octanol–water partition coefficient (Wildman–Crippen LogP) is 22.9. The van der Waals surface area contributed by atoms with Gasteiger partial charge in [0.2, 0.25) is 5.91 Å². The van der Waals surface area contributed by atoms with Crippen molar-refractivity contribution in [3.8, 4) is 0 Å². The zero-order chi connectivity index (χ0) is 57.1. The SMILES string of the molecule is CCCCCCCC/C=C\CCCCCCCC(=O)OCCCCCCCCCCC/C=C\C/C=C\CCCCCCCCCCCCCCCC(=O)NC(CO)C(O)/C=C/CCCCCCCCCCCCCCCCCC. The van der Waals surface area contributed by atoms with Gasteiger partial charge in [0, 0.05) is 12.8 Å². The van der Waals surface area contributed by atoms with Gasteiger partial charge in [-0.2, -0.15) is 0 Å². The fraction of sp³-hybridized carbons (Fsp3) is 0.863. The largest absolute Gasteiger partial charge is 0.466 e. The van der Waals surface area contributed by atoms with E-state index in [9.17, 15) is 19.8 Å². The van der Waals surface area contributed by atoms with Gasteiger partial charge in [0.15, 0.2) is 0 Å². The molecule has 2 unspecified atom stereocenters. The van der Waals surface area contributed by atoms with Crippen LogP contribution in [0.4, 0.5) is 0 Å². The summed E-state index contributed by atoms with van der Waals surface area (Å²) in [6, 6.07) is -0.630. The number of rotatable bonds is 66. The Hall–Kier alpha value is -2.18. The molecule has 0 heterocycles.